The van der Waals surface area contributed by atoms with Crippen molar-refractivity contribution in [3.05, 3.63) is 63.6 Å². The van der Waals surface area contributed by atoms with E-state index in [2.05, 4.69) is 17.5 Å². The second kappa shape index (κ2) is 15.5. The van der Waals surface area contributed by atoms with E-state index in [1.165, 1.54) is 57.1 Å². The molecule has 0 saturated heterocycles. The molecular formula is C26H32Cl2N2O3. The molecule has 1 N–H and O–H groups in total. The number of carbonyl (C=O) groups excluding carboxylic acids is 2. The molecule has 0 heterocycles. The van der Waals surface area contributed by atoms with Crippen LogP contribution in [0.3, 0.4) is 0 Å². The molecule has 5 nitrogen and oxygen atoms in total. The third-order valence-electron chi connectivity index (χ3n) is 5.15. The molecule has 0 bridgehead atoms. The van der Waals surface area contributed by atoms with Gasteiger partial charge >= 0.3 is 5.97 Å². The van der Waals surface area contributed by atoms with Gasteiger partial charge in [-0.3, -0.25) is 4.79 Å². The lowest BCUT2D eigenvalue weighted by molar-refractivity contribution is -0.121. The summed E-state index contributed by atoms with van der Waals surface area (Å²) >= 11 is 11.9. The molecule has 0 atom stereocenters. The predicted octanol–water partition coefficient (Wildman–Crippen LogP) is 7.58. The third-order valence-corrected chi connectivity index (χ3v) is 5.70. The van der Waals surface area contributed by atoms with Gasteiger partial charge in [-0.2, -0.15) is 5.10 Å². The standard InChI is InChI=1S/C26H32Cl2N2O3/c1-2-3-4-5-6-7-8-9-10-11-25(31)30-29-19-20-12-15-22(16-13-20)33-26(32)23-17-14-21(27)18-24(23)28/h12-19H,2-11H2,1H3,(H,30,31)/b29-19+. The first kappa shape index (κ1) is 26.9. The number of esters is 1. The van der Waals surface area contributed by atoms with Gasteiger partial charge in [-0.05, 0) is 54.4 Å². The molecule has 178 valence electrons. The van der Waals surface area contributed by atoms with Gasteiger partial charge in [0, 0.05) is 11.4 Å². The Bertz CT molecular complexity index is 914. The van der Waals surface area contributed by atoms with Crippen LogP contribution < -0.4 is 10.2 Å². The summed E-state index contributed by atoms with van der Waals surface area (Å²) < 4.78 is 5.33. The van der Waals surface area contributed by atoms with E-state index in [9.17, 15) is 9.59 Å². The number of nitrogens with zero attached hydrogens (tertiary/aromatic N) is 1. The first-order valence-corrected chi connectivity index (χ1v) is 12.3. The lowest BCUT2D eigenvalue weighted by atomic mass is 10.1. The number of hydrogen-bond acceptors (Lipinski definition) is 4. The van der Waals surface area contributed by atoms with Gasteiger partial charge in [-0.1, -0.05) is 81.5 Å². The highest BCUT2D eigenvalue weighted by atomic mass is 35.5. The normalized spacial score (nSPS) is 11.0. The second-order valence-electron chi connectivity index (χ2n) is 7.95. The Hall–Kier alpha value is -2.37. The van der Waals surface area contributed by atoms with Gasteiger partial charge in [-0.15, -0.1) is 0 Å². The van der Waals surface area contributed by atoms with Gasteiger partial charge in [0.15, 0.2) is 0 Å². The highest BCUT2D eigenvalue weighted by molar-refractivity contribution is 6.36. The fourth-order valence-corrected chi connectivity index (χ4v) is 3.76. The minimum Gasteiger partial charge on any atom is -0.423 e. The van der Waals surface area contributed by atoms with Crippen LogP contribution in [-0.2, 0) is 4.79 Å². The van der Waals surface area contributed by atoms with E-state index in [1.807, 2.05) is 0 Å². The van der Waals surface area contributed by atoms with Crippen molar-refractivity contribution in [1.29, 1.82) is 0 Å². The number of rotatable bonds is 14. The van der Waals surface area contributed by atoms with E-state index >= 15 is 0 Å². The Morgan fingerprint density at radius 1 is 0.909 bits per heavy atom. The molecule has 0 spiro atoms. The highest BCUT2D eigenvalue weighted by Gasteiger charge is 2.13. The van der Waals surface area contributed by atoms with Gasteiger partial charge in [0.25, 0.3) is 0 Å². The zero-order valence-corrected chi connectivity index (χ0v) is 20.6. The van der Waals surface area contributed by atoms with Crippen LogP contribution in [0.4, 0.5) is 0 Å². The number of unbranched alkanes of at least 4 members (excludes halogenated alkanes) is 8. The summed E-state index contributed by atoms with van der Waals surface area (Å²) in [6.07, 6.45) is 13.0. The summed E-state index contributed by atoms with van der Waals surface area (Å²) in [5.74, 6) is -0.279. The summed E-state index contributed by atoms with van der Waals surface area (Å²) in [6.45, 7) is 2.23. The number of ether oxygens (including phenoxy) is 1. The smallest absolute Gasteiger partial charge is 0.345 e. The minimum absolute atomic E-state index is 0.0837. The molecule has 2 aromatic carbocycles. The zero-order chi connectivity index (χ0) is 23.9. The topological polar surface area (TPSA) is 67.8 Å². The van der Waals surface area contributed by atoms with Crippen molar-refractivity contribution in [2.24, 2.45) is 5.10 Å². The van der Waals surface area contributed by atoms with Crippen LogP contribution >= 0.6 is 23.2 Å². The van der Waals surface area contributed by atoms with E-state index in [1.54, 1.807) is 36.5 Å². The fourth-order valence-electron chi connectivity index (χ4n) is 3.27. The van der Waals surface area contributed by atoms with Crippen molar-refractivity contribution in [2.45, 2.75) is 71.1 Å². The number of amides is 1. The van der Waals surface area contributed by atoms with E-state index in [0.717, 1.165) is 18.4 Å². The molecule has 0 radical (unpaired) electrons. The average Bonchev–Trinajstić information content (AvgIpc) is 2.79. The molecule has 7 heteroatoms. The third kappa shape index (κ3) is 10.9. The Balaban J connectivity index is 1.65. The molecule has 0 aliphatic carbocycles. The number of nitrogens with one attached hydrogen (secondary N) is 1. The number of halogens is 2. The van der Waals surface area contributed by atoms with E-state index in [4.69, 9.17) is 27.9 Å². The quantitative estimate of drug-likeness (QED) is 0.0974. The average molecular weight is 491 g/mol. The number of hydrogen-bond donors (Lipinski definition) is 1. The summed E-state index contributed by atoms with van der Waals surface area (Å²) in [4.78, 5) is 24.1. The lowest BCUT2D eigenvalue weighted by Gasteiger charge is -2.06. The molecule has 0 aromatic heterocycles. The molecule has 0 saturated carbocycles. The summed E-state index contributed by atoms with van der Waals surface area (Å²) in [5, 5.41) is 4.67. The number of hydrazone groups is 1. The van der Waals surface area contributed by atoms with Gasteiger partial charge in [0.1, 0.15) is 5.75 Å². The number of carbonyl (C=O) groups is 2. The van der Waals surface area contributed by atoms with Gasteiger partial charge < -0.3 is 4.74 Å². The Labute approximate surface area is 206 Å². The summed E-state index contributed by atoms with van der Waals surface area (Å²) in [5.41, 5.74) is 3.56. The van der Waals surface area contributed by atoms with Crippen LogP contribution in [0.2, 0.25) is 10.0 Å². The van der Waals surface area contributed by atoms with E-state index in [-0.39, 0.29) is 16.5 Å². The first-order chi connectivity index (χ1) is 16.0. The molecule has 1 amide bonds. The summed E-state index contributed by atoms with van der Waals surface area (Å²) in [7, 11) is 0. The summed E-state index contributed by atoms with van der Waals surface area (Å²) in [6, 6.07) is 11.4. The van der Waals surface area contributed by atoms with Crippen LogP contribution in [0.1, 0.15) is 87.1 Å². The van der Waals surface area contributed by atoms with Gasteiger partial charge in [-0.25, -0.2) is 10.2 Å². The molecule has 33 heavy (non-hydrogen) atoms. The molecule has 2 aromatic rings. The molecule has 0 fully saturated rings. The highest BCUT2D eigenvalue weighted by Crippen LogP contribution is 2.23. The SMILES string of the molecule is CCCCCCCCCCCC(=O)N/N=C/c1ccc(OC(=O)c2ccc(Cl)cc2Cl)cc1. The van der Waals surface area contributed by atoms with Gasteiger partial charge in [0.2, 0.25) is 5.91 Å². The van der Waals surface area contributed by atoms with Crippen molar-refractivity contribution in [1.82, 2.24) is 5.43 Å². The van der Waals surface area contributed by atoms with Crippen molar-refractivity contribution in [2.75, 3.05) is 0 Å². The van der Waals surface area contributed by atoms with Crippen molar-refractivity contribution in [3.8, 4) is 5.75 Å². The number of benzene rings is 2. The maximum absolute atomic E-state index is 12.3. The Kier molecular flexibility index (Phi) is 12.6. The minimum atomic E-state index is -0.568. The Morgan fingerprint density at radius 2 is 1.55 bits per heavy atom. The van der Waals surface area contributed by atoms with Crippen LogP contribution in [0, 0.1) is 0 Å². The van der Waals surface area contributed by atoms with Gasteiger partial charge in [0.05, 0.1) is 16.8 Å². The van der Waals surface area contributed by atoms with E-state index in [0.29, 0.717) is 17.2 Å². The molecule has 0 aliphatic heterocycles. The van der Waals surface area contributed by atoms with Crippen LogP contribution in [0.5, 0.6) is 5.75 Å². The molecular weight excluding hydrogens is 459 g/mol. The van der Waals surface area contributed by atoms with Crippen molar-refractivity contribution < 1.29 is 14.3 Å². The van der Waals surface area contributed by atoms with E-state index < -0.39 is 5.97 Å². The van der Waals surface area contributed by atoms with Crippen LogP contribution in [0.25, 0.3) is 0 Å². The van der Waals surface area contributed by atoms with Crippen molar-refractivity contribution in [3.63, 3.8) is 0 Å². The second-order valence-corrected chi connectivity index (χ2v) is 8.80. The predicted molar refractivity (Wildman–Crippen MR) is 135 cm³/mol. The maximum atomic E-state index is 12.3. The van der Waals surface area contributed by atoms with Crippen LogP contribution in [-0.4, -0.2) is 18.1 Å². The van der Waals surface area contributed by atoms with Crippen LogP contribution in [0.15, 0.2) is 47.6 Å². The zero-order valence-electron chi connectivity index (χ0n) is 19.1. The largest absolute Gasteiger partial charge is 0.423 e. The Morgan fingerprint density at radius 3 is 2.18 bits per heavy atom. The molecule has 2 rings (SSSR count). The molecule has 0 unspecified atom stereocenters. The monoisotopic (exact) mass is 490 g/mol. The lowest BCUT2D eigenvalue weighted by Crippen LogP contribution is -2.16. The maximum Gasteiger partial charge on any atom is 0.345 e. The first-order valence-electron chi connectivity index (χ1n) is 11.6. The van der Waals surface area contributed by atoms with Crippen molar-refractivity contribution >= 4 is 41.3 Å². The fraction of sp³-hybridized carbons (Fsp3) is 0.423. The molecule has 0 aliphatic rings.